The van der Waals surface area contributed by atoms with E-state index in [2.05, 4.69) is 19.2 Å². The largest absolute Gasteiger partial charge is 0.356 e. The molecule has 2 saturated heterocycles. The van der Waals surface area contributed by atoms with Crippen LogP contribution in [0.15, 0.2) is 6.07 Å². The molecule has 0 atom stereocenters. The Morgan fingerprint density at radius 3 is 2.67 bits per heavy atom. The predicted molar refractivity (Wildman–Crippen MR) is 83.6 cm³/mol. The zero-order valence-corrected chi connectivity index (χ0v) is 13.5. The smallest absolute Gasteiger partial charge is 0.263 e. The van der Waals surface area contributed by atoms with Crippen LogP contribution in [0.5, 0.6) is 0 Å². The molecule has 2 aliphatic heterocycles. The van der Waals surface area contributed by atoms with Gasteiger partial charge in [0.15, 0.2) is 0 Å². The molecule has 0 saturated carbocycles. The lowest BCUT2D eigenvalue weighted by atomic mass is 9.77. The van der Waals surface area contributed by atoms with E-state index in [1.54, 1.807) is 11.3 Å². The second kappa shape index (κ2) is 5.44. The van der Waals surface area contributed by atoms with Crippen molar-refractivity contribution in [2.75, 3.05) is 19.6 Å². The van der Waals surface area contributed by atoms with E-state index in [0.29, 0.717) is 6.42 Å². The molecule has 2 aliphatic rings. The Labute approximate surface area is 129 Å². The standard InChI is InChI=1S/C16H22N2O2S/c1-3-12-11(2)8-13(21-12)15(20)18-6-4-16(5-7-18)9-14(19)17-10-16/h8H,3-7,9-10H2,1-2H3,(H,17,19). The highest BCUT2D eigenvalue weighted by Crippen LogP contribution is 2.38. The van der Waals surface area contributed by atoms with Crippen molar-refractivity contribution in [1.82, 2.24) is 10.2 Å². The number of carbonyl (C=O) groups excluding carboxylic acids is 2. The first kappa shape index (κ1) is 14.6. The minimum Gasteiger partial charge on any atom is -0.356 e. The van der Waals surface area contributed by atoms with Gasteiger partial charge >= 0.3 is 0 Å². The molecule has 0 unspecified atom stereocenters. The maximum atomic E-state index is 12.6. The van der Waals surface area contributed by atoms with Crippen molar-refractivity contribution in [2.45, 2.75) is 39.5 Å². The molecular weight excluding hydrogens is 284 g/mol. The first-order valence-electron chi connectivity index (χ1n) is 7.68. The summed E-state index contributed by atoms with van der Waals surface area (Å²) >= 11 is 1.63. The Morgan fingerprint density at radius 1 is 1.43 bits per heavy atom. The summed E-state index contributed by atoms with van der Waals surface area (Å²) in [6.07, 6.45) is 3.48. The third-order valence-electron chi connectivity index (χ3n) is 4.86. The average Bonchev–Trinajstić information content (AvgIpc) is 3.03. The summed E-state index contributed by atoms with van der Waals surface area (Å²) in [4.78, 5) is 28.2. The van der Waals surface area contributed by atoms with Gasteiger partial charge in [-0.2, -0.15) is 0 Å². The summed E-state index contributed by atoms with van der Waals surface area (Å²) in [5.41, 5.74) is 1.33. The van der Waals surface area contributed by atoms with Crippen LogP contribution in [0.3, 0.4) is 0 Å². The number of likely N-dealkylation sites (tertiary alicyclic amines) is 1. The maximum absolute atomic E-state index is 12.6. The molecule has 1 N–H and O–H groups in total. The highest BCUT2D eigenvalue weighted by molar-refractivity contribution is 7.14. The van der Waals surface area contributed by atoms with Crippen LogP contribution in [0.2, 0.25) is 0 Å². The SMILES string of the molecule is CCc1sc(C(=O)N2CCC3(CC2)CNC(=O)C3)cc1C. The van der Waals surface area contributed by atoms with Crippen molar-refractivity contribution in [2.24, 2.45) is 5.41 Å². The van der Waals surface area contributed by atoms with Crippen LogP contribution >= 0.6 is 11.3 Å². The highest BCUT2D eigenvalue weighted by atomic mass is 32.1. The Bertz CT molecular complexity index is 571. The van der Waals surface area contributed by atoms with Gasteiger partial charge in [-0.05, 0) is 43.2 Å². The number of hydrogen-bond donors (Lipinski definition) is 1. The van der Waals surface area contributed by atoms with Crippen molar-refractivity contribution in [3.63, 3.8) is 0 Å². The molecule has 5 heteroatoms. The van der Waals surface area contributed by atoms with Gasteiger partial charge in [0.25, 0.3) is 5.91 Å². The van der Waals surface area contributed by atoms with Gasteiger partial charge in [-0.1, -0.05) is 6.92 Å². The number of amides is 2. The Balaban J connectivity index is 1.66. The topological polar surface area (TPSA) is 49.4 Å². The zero-order chi connectivity index (χ0) is 15.0. The number of carbonyl (C=O) groups is 2. The second-order valence-electron chi connectivity index (χ2n) is 6.32. The first-order valence-corrected chi connectivity index (χ1v) is 8.50. The molecule has 3 heterocycles. The monoisotopic (exact) mass is 306 g/mol. The average molecular weight is 306 g/mol. The summed E-state index contributed by atoms with van der Waals surface area (Å²) in [7, 11) is 0. The van der Waals surface area contributed by atoms with Crippen LogP contribution in [-0.2, 0) is 11.2 Å². The number of piperidine rings is 1. The molecule has 2 amide bonds. The fraction of sp³-hybridized carbons (Fsp3) is 0.625. The fourth-order valence-corrected chi connectivity index (χ4v) is 4.50. The van der Waals surface area contributed by atoms with Crippen LogP contribution in [0, 0.1) is 12.3 Å². The van der Waals surface area contributed by atoms with Crippen LogP contribution in [0.4, 0.5) is 0 Å². The quantitative estimate of drug-likeness (QED) is 0.912. The van der Waals surface area contributed by atoms with Gasteiger partial charge in [-0.15, -0.1) is 11.3 Å². The number of nitrogens with one attached hydrogen (secondary N) is 1. The first-order chi connectivity index (χ1) is 10.0. The Morgan fingerprint density at radius 2 is 2.14 bits per heavy atom. The Hall–Kier alpha value is -1.36. The van der Waals surface area contributed by atoms with Crippen LogP contribution in [-0.4, -0.2) is 36.3 Å². The van der Waals surface area contributed by atoms with Crippen molar-refractivity contribution in [3.8, 4) is 0 Å². The van der Waals surface area contributed by atoms with E-state index in [1.165, 1.54) is 10.4 Å². The van der Waals surface area contributed by atoms with E-state index < -0.39 is 0 Å². The lowest BCUT2D eigenvalue weighted by Gasteiger charge is -2.38. The van der Waals surface area contributed by atoms with E-state index in [9.17, 15) is 9.59 Å². The zero-order valence-electron chi connectivity index (χ0n) is 12.7. The summed E-state index contributed by atoms with van der Waals surface area (Å²) in [5.74, 6) is 0.325. The predicted octanol–water partition coefficient (Wildman–Crippen LogP) is 2.36. The maximum Gasteiger partial charge on any atom is 0.263 e. The molecule has 1 aromatic heterocycles. The molecule has 0 aromatic carbocycles. The number of aryl methyl sites for hydroxylation is 2. The van der Waals surface area contributed by atoms with E-state index >= 15 is 0 Å². The van der Waals surface area contributed by atoms with E-state index in [-0.39, 0.29) is 17.2 Å². The molecule has 0 radical (unpaired) electrons. The number of nitrogens with zero attached hydrogens (tertiary/aromatic N) is 1. The van der Waals surface area contributed by atoms with Gasteiger partial charge in [-0.3, -0.25) is 9.59 Å². The summed E-state index contributed by atoms with van der Waals surface area (Å²) in [6, 6.07) is 2.02. The minimum absolute atomic E-state index is 0.105. The lowest BCUT2D eigenvalue weighted by Crippen LogP contribution is -2.43. The molecule has 0 bridgehead atoms. The van der Waals surface area contributed by atoms with Gasteiger partial charge in [0, 0.05) is 30.9 Å². The van der Waals surface area contributed by atoms with Crippen molar-refractivity contribution < 1.29 is 9.59 Å². The van der Waals surface area contributed by atoms with Crippen molar-refractivity contribution >= 4 is 23.2 Å². The van der Waals surface area contributed by atoms with Gasteiger partial charge in [0.2, 0.25) is 5.91 Å². The number of hydrogen-bond acceptors (Lipinski definition) is 3. The normalized spacial score (nSPS) is 20.9. The molecule has 4 nitrogen and oxygen atoms in total. The number of thiophene rings is 1. The van der Waals surface area contributed by atoms with Crippen LogP contribution in [0.25, 0.3) is 0 Å². The molecule has 21 heavy (non-hydrogen) atoms. The summed E-state index contributed by atoms with van der Waals surface area (Å²) in [6.45, 7) is 6.53. The molecule has 0 aliphatic carbocycles. The molecule has 3 rings (SSSR count). The molecular formula is C16H22N2O2S. The van der Waals surface area contributed by atoms with E-state index in [1.807, 2.05) is 11.0 Å². The molecule has 114 valence electrons. The summed E-state index contributed by atoms with van der Waals surface area (Å²) in [5, 5.41) is 2.93. The highest BCUT2D eigenvalue weighted by Gasteiger charge is 2.41. The van der Waals surface area contributed by atoms with Gasteiger partial charge in [0.1, 0.15) is 0 Å². The number of rotatable bonds is 2. The van der Waals surface area contributed by atoms with Crippen LogP contribution in [0.1, 0.15) is 46.3 Å². The van der Waals surface area contributed by atoms with Crippen molar-refractivity contribution in [1.29, 1.82) is 0 Å². The molecule has 1 aromatic rings. The van der Waals surface area contributed by atoms with Crippen LogP contribution < -0.4 is 5.32 Å². The minimum atomic E-state index is 0.105. The third-order valence-corrected chi connectivity index (χ3v) is 6.23. The fourth-order valence-electron chi connectivity index (χ4n) is 3.42. The molecule has 1 spiro atoms. The Kier molecular flexibility index (Phi) is 3.78. The van der Waals surface area contributed by atoms with E-state index in [0.717, 1.165) is 43.8 Å². The van der Waals surface area contributed by atoms with Gasteiger partial charge < -0.3 is 10.2 Å². The van der Waals surface area contributed by atoms with E-state index in [4.69, 9.17) is 0 Å². The van der Waals surface area contributed by atoms with Crippen molar-refractivity contribution in [3.05, 3.63) is 21.4 Å². The third kappa shape index (κ3) is 2.71. The summed E-state index contributed by atoms with van der Waals surface area (Å²) < 4.78 is 0. The second-order valence-corrected chi connectivity index (χ2v) is 7.45. The molecule has 2 fully saturated rings. The van der Waals surface area contributed by atoms with Gasteiger partial charge in [-0.25, -0.2) is 0 Å². The van der Waals surface area contributed by atoms with Gasteiger partial charge in [0.05, 0.1) is 4.88 Å². The lowest BCUT2D eigenvalue weighted by molar-refractivity contribution is -0.119.